The zero-order valence-electron chi connectivity index (χ0n) is 12.8. The van der Waals surface area contributed by atoms with Gasteiger partial charge in [-0.2, -0.15) is 4.98 Å². The van der Waals surface area contributed by atoms with Crippen LogP contribution in [-0.4, -0.2) is 46.0 Å². The van der Waals surface area contributed by atoms with Crippen LogP contribution in [0.2, 0.25) is 0 Å². The molecule has 0 unspecified atom stereocenters. The first-order valence-electron chi connectivity index (χ1n) is 7.45. The maximum Gasteiger partial charge on any atom is 0.228 e. The summed E-state index contributed by atoms with van der Waals surface area (Å²) in [7, 11) is 1.58. The van der Waals surface area contributed by atoms with E-state index in [0.29, 0.717) is 17.6 Å². The summed E-state index contributed by atoms with van der Waals surface area (Å²) < 4.78 is 5.12. The maximum atomic E-state index is 12.3. The quantitative estimate of drug-likeness (QED) is 0.904. The summed E-state index contributed by atoms with van der Waals surface area (Å²) in [5, 5.41) is 2.80. The van der Waals surface area contributed by atoms with Gasteiger partial charge in [-0.3, -0.25) is 9.78 Å². The lowest BCUT2D eigenvalue weighted by Gasteiger charge is -2.31. The third-order valence-electron chi connectivity index (χ3n) is 3.79. The monoisotopic (exact) mass is 314 g/mol. The van der Waals surface area contributed by atoms with Crippen molar-refractivity contribution in [3.8, 4) is 5.88 Å². The largest absolute Gasteiger partial charge is 0.481 e. The molecule has 120 valence electrons. The average Bonchev–Trinajstić information content (AvgIpc) is 2.63. The predicted octanol–water partition coefficient (Wildman–Crippen LogP) is 1.13. The number of nitrogens with one attached hydrogen (secondary N) is 1. The summed E-state index contributed by atoms with van der Waals surface area (Å²) in [5.41, 5.74) is 0. The molecule has 3 rings (SSSR count). The van der Waals surface area contributed by atoms with Gasteiger partial charge in [0.05, 0.1) is 13.3 Å². The van der Waals surface area contributed by atoms with Crippen LogP contribution in [0.1, 0.15) is 12.8 Å². The minimum atomic E-state index is -0.0427. The van der Waals surface area contributed by atoms with Crippen molar-refractivity contribution in [2.45, 2.75) is 12.8 Å². The van der Waals surface area contributed by atoms with E-state index in [0.717, 1.165) is 25.9 Å². The third kappa shape index (κ3) is 3.71. The number of nitrogens with zero attached hydrogens (tertiary/aromatic N) is 5. The highest BCUT2D eigenvalue weighted by atomic mass is 16.5. The van der Waals surface area contributed by atoms with Crippen molar-refractivity contribution in [3.05, 3.63) is 30.9 Å². The molecule has 0 aromatic carbocycles. The number of hydrogen-bond donors (Lipinski definition) is 1. The molecule has 1 saturated heterocycles. The fourth-order valence-corrected chi connectivity index (χ4v) is 2.53. The van der Waals surface area contributed by atoms with Gasteiger partial charge < -0.3 is 15.0 Å². The fraction of sp³-hybridized carbons (Fsp3) is 0.400. The van der Waals surface area contributed by atoms with Crippen LogP contribution < -0.4 is 15.0 Å². The van der Waals surface area contributed by atoms with Crippen molar-refractivity contribution in [2.75, 3.05) is 30.4 Å². The Labute approximate surface area is 134 Å². The van der Waals surface area contributed by atoms with Gasteiger partial charge in [-0.05, 0) is 12.8 Å². The standard InChI is InChI=1S/C15H18N6O2/c1-23-13-2-5-18-15(20-13)21-8-3-11(4-9-21)14(22)19-12-10-16-6-7-17-12/h2,5-7,10-11H,3-4,8-9H2,1H3,(H,17,19,22). The highest BCUT2D eigenvalue weighted by Crippen LogP contribution is 2.22. The number of carbonyl (C=O) groups is 1. The summed E-state index contributed by atoms with van der Waals surface area (Å²) in [4.78, 5) is 30.9. The molecule has 3 heterocycles. The Bertz CT molecular complexity index is 658. The molecule has 0 radical (unpaired) electrons. The number of hydrogen-bond acceptors (Lipinski definition) is 7. The normalized spacial score (nSPS) is 15.3. The molecular weight excluding hydrogens is 296 g/mol. The van der Waals surface area contributed by atoms with Gasteiger partial charge >= 0.3 is 0 Å². The Balaban J connectivity index is 1.56. The highest BCUT2D eigenvalue weighted by Gasteiger charge is 2.26. The number of piperidine rings is 1. The number of anilines is 2. The van der Waals surface area contributed by atoms with Crippen LogP contribution in [0.25, 0.3) is 0 Å². The zero-order chi connectivity index (χ0) is 16.1. The molecule has 0 aliphatic carbocycles. The molecule has 1 aliphatic rings. The van der Waals surface area contributed by atoms with Gasteiger partial charge in [-0.15, -0.1) is 0 Å². The van der Waals surface area contributed by atoms with Gasteiger partial charge in [-0.25, -0.2) is 9.97 Å². The summed E-state index contributed by atoms with van der Waals surface area (Å²) in [6.45, 7) is 1.46. The Morgan fingerprint density at radius 3 is 2.78 bits per heavy atom. The van der Waals surface area contributed by atoms with Crippen molar-refractivity contribution in [3.63, 3.8) is 0 Å². The number of rotatable bonds is 4. The van der Waals surface area contributed by atoms with Crippen LogP contribution >= 0.6 is 0 Å². The molecule has 0 atom stereocenters. The van der Waals surface area contributed by atoms with E-state index in [-0.39, 0.29) is 11.8 Å². The maximum absolute atomic E-state index is 12.3. The molecule has 2 aromatic heterocycles. The molecule has 1 aliphatic heterocycles. The number of carbonyl (C=O) groups excluding carboxylic acids is 1. The zero-order valence-corrected chi connectivity index (χ0v) is 12.8. The van der Waals surface area contributed by atoms with E-state index in [9.17, 15) is 4.79 Å². The molecule has 8 heteroatoms. The van der Waals surface area contributed by atoms with Crippen molar-refractivity contribution >= 4 is 17.7 Å². The van der Waals surface area contributed by atoms with Crippen molar-refractivity contribution in [1.29, 1.82) is 0 Å². The third-order valence-corrected chi connectivity index (χ3v) is 3.79. The van der Waals surface area contributed by atoms with E-state index in [4.69, 9.17) is 4.74 Å². The molecule has 1 N–H and O–H groups in total. The van der Waals surface area contributed by atoms with Gasteiger partial charge in [0, 0.05) is 43.7 Å². The van der Waals surface area contributed by atoms with Crippen LogP contribution in [0.3, 0.4) is 0 Å². The molecule has 0 bridgehead atoms. The van der Waals surface area contributed by atoms with E-state index in [1.807, 2.05) is 0 Å². The minimum absolute atomic E-state index is 0.0169. The minimum Gasteiger partial charge on any atom is -0.481 e. The van der Waals surface area contributed by atoms with Crippen LogP contribution in [0.5, 0.6) is 5.88 Å². The second-order valence-corrected chi connectivity index (χ2v) is 5.24. The Morgan fingerprint density at radius 1 is 1.26 bits per heavy atom. The van der Waals surface area contributed by atoms with Crippen molar-refractivity contribution in [2.24, 2.45) is 5.92 Å². The van der Waals surface area contributed by atoms with E-state index in [1.54, 1.807) is 31.8 Å². The summed E-state index contributed by atoms with van der Waals surface area (Å²) in [5.74, 6) is 1.60. The fourth-order valence-electron chi connectivity index (χ4n) is 2.53. The SMILES string of the molecule is COc1ccnc(N2CCC(C(=O)Nc3cnccn3)CC2)n1. The topological polar surface area (TPSA) is 93.1 Å². The van der Waals surface area contributed by atoms with Gasteiger partial charge in [0.1, 0.15) is 0 Å². The van der Waals surface area contributed by atoms with E-state index < -0.39 is 0 Å². The van der Waals surface area contributed by atoms with Crippen LogP contribution in [0, 0.1) is 5.92 Å². The first-order chi connectivity index (χ1) is 11.3. The van der Waals surface area contributed by atoms with E-state index in [1.165, 1.54) is 6.20 Å². The Kier molecular flexibility index (Phi) is 4.60. The van der Waals surface area contributed by atoms with Gasteiger partial charge in [0.25, 0.3) is 0 Å². The molecule has 1 fully saturated rings. The Morgan fingerprint density at radius 2 is 2.09 bits per heavy atom. The van der Waals surface area contributed by atoms with Crippen LogP contribution in [0.15, 0.2) is 30.9 Å². The molecular formula is C15H18N6O2. The summed E-state index contributed by atoms with van der Waals surface area (Å²) in [6.07, 6.45) is 7.82. The smallest absolute Gasteiger partial charge is 0.228 e. The van der Waals surface area contributed by atoms with Gasteiger partial charge in [0.2, 0.25) is 17.7 Å². The molecule has 0 saturated carbocycles. The highest BCUT2D eigenvalue weighted by molar-refractivity contribution is 5.91. The van der Waals surface area contributed by atoms with Gasteiger partial charge in [0.15, 0.2) is 5.82 Å². The van der Waals surface area contributed by atoms with E-state index in [2.05, 4.69) is 30.2 Å². The number of methoxy groups -OCH3 is 1. The van der Waals surface area contributed by atoms with Crippen molar-refractivity contribution in [1.82, 2.24) is 19.9 Å². The predicted molar refractivity (Wildman–Crippen MR) is 84.2 cm³/mol. The van der Waals surface area contributed by atoms with Crippen LogP contribution in [0.4, 0.5) is 11.8 Å². The molecule has 2 aromatic rings. The first-order valence-corrected chi connectivity index (χ1v) is 7.45. The molecule has 8 nitrogen and oxygen atoms in total. The van der Waals surface area contributed by atoms with Crippen LogP contribution in [-0.2, 0) is 4.79 Å². The summed E-state index contributed by atoms with van der Waals surface area (Å²) >= 11 is 0. The molecule has 23 heavy (non-hydrogen) atoms. The number of ether oxygens (including phenoxy) is 1. The number of aromatic nitrogens is 4. The average molecular weight is 314 g/mol. The lowest BCUT2D eigenvalue weighted by atomic mass is 9.96. The summed E-state index contributed by atoms with van der Waals surface area (Å²) in [6, 6.07) is 1.71. The molecule has 0 spiro atoms. The van der Waals surface area contributed by atoms with E-state index >= 15 is 0 Å². The molecule has 1 amide bonds. The second-order valence-electron chi connectivity index (χ2n) is 5.24. The Hall–Kier alpha value is -2.77. The van der Waals surface area contributed by atoms with Crippen molar-refractivity contribution < 1.29 is 9.53 Å². The number of amides is 1. The second kappa shape index (κ2) is 6.99. The van der Waals surface area contributed by atoms with Gasteiger partial charge in [-0.1, -0.05) is 0 Å². The lowest BCUT2D eigenvalue weighted by Crippen LogP contribution is -2.39. The lowest BCUT2D eigenvalue weighted by molar-refractivity contribution is -0.120. The first kappa shape index (κ1) is 15.1.